The minimum Gasteiger partial charge on any atom is -0.493 e. The van der Waals surface area contributed by atoms with Gasteiger partial charge in [-0.15, -0.1) is 0 Å². The highest BCUT2D eigenvalue weighted by Gasteiger charge is 2.35. The second-order valence-electron chi connectivity index (χ2n) is 6.03. The summed E-state index contributed by atoms with van der Waals surface area (Å²) in [6.45, 7) is 0. The van der Waals surface area contributed by atoms with Gasteiger partial charge >= 0.3 is 5.97 Å². The quantitative estimate of drug-likeness (QED) is 0.786. The summed E-state index contributed by atoms with van der Waals surface area (Å²) < 4.78 is 30.6. The second kappa shape index (κ2) is 8.04. The lowest BCUT2D eigenvalue weighted by Gasteiger charge is -2.23. The summed E-state index contributed by atoms with van der Waals surface area (Å²) in [7, 11) is 2.91. The number of carboxylic acids is 1. The highest BCUT2D eigenvalue weighted by atomic mass is 35.5. The van der Waals surface area contributed by atoms with Crippen molar-refractivity contribution in [3.05, 3.63) is 52.3 Å². The van der Waals surface area contributed by atoms with Crippen LogP contribution in [0.5, 0.6) is 11.5 Å². The van der Waals surface area contributed by atoms with Gasteiger partial charge in [0.1, 0.15) is 18.0 Å². The van der Waals surface area contributed by atoms with Crippen molar-refractivity contribution in [3.63, 3.8) is 0 Å². The third kappa shape index (κ3) is 3.74. The molecule has 0 radical (unpaired) electrons. The fourth-order valence-electron chi connectivity index (χ4n) is 3.06. The number of methoxy groups -OCH3 is 2. The fourth-order valence-corrected chi connectivity index (χ4v) is 3.23. The zero-order chi connectivity index (χ0) is 20.4. The van der Waals surface area contributed by atoms with E-state index in [1.807, 2.05) is 0 Å². The van der Waals surface area contributed by atoms with E-state index in [4.69, 9.17) is 30.9 Å². The van der Waals surface area contributed by atoms with E-state index in [1.54, 1.807) is 18.2 Å². The molecule has 148 valence electrons. The van der Waals surface area contributed by atoms with Gasteiger partial charge in [0, 0.05) is 16.8 Å². The Kier molecular flexibility index (Phi) is 5.71. The number of rotatable bonds is 5. The van der Waals surface area contributed by atoms with Crippen LogP contribution in [0.1, 0.15) is 23.7 Å². The first kappa shape index (κ1) is 19.9. The topological polar surface area (TPSA) is 94.1 Å². The first-order valence-corrected chi connectivity index (χ1v) is 8.61. The van der Waals surface area contributed by atoms with Gasteiger partial charge in [-0.1, -0.05) is 23.7 Å². The average Bonchev–Trinajstić information content (AvgIpc) is 2.78. The molecule has 0 fully saturated rings. The minimum absolute atomic E-state index is 0.134. The molecule has 1 heterocycles. The molecule has 0 spiro atoms. The number of nitrogens with one attached hydrogen (secondary N) is 1. The van der Waals surface area contributed by atoms with Crippen LogP contribution in [0, 0.1) is 5.82 Å². The van der Waals surface area contributed by atoms with E-state index >= 15 is 0 Å². The van der Waals surface area contributed by atoms with Gasteiger partial charge < -0.3 is 24.6 Å². The molecule has 1 aliphatic heterocycles. The van der Waals surface area contributed by atoms with E-state index in [0.29, 0.717) is 22.6 Å². The number of fused-ring (bicyclic) bond motifs is 1. The minimum atomic E-state index is -1.31. The van der Waals surface area contributed by atoms with E-state index in [1.165, 1.54) is 20.3 Å². The van der Waals surface area contributed by atoms with Crippen LogP contribution in [0.2, 0.25) is 5.02 Å². The molecule has 0 saturated carbocycles. The molecule has 0 aliphatic carbocycles. The summed E-state index contributed by atoms with van der Waals surface area (Å²) in [4.78, 5) is 23.6. The molecule has 0 bridgehead atoms. The molecule has 2 atom stereocenters. The number of para-hydroxylation sites is 1. The van der Waals surface area contributed by atoms with Crippen molar-refractivity contribution in [1.82, 2.24) is 0 Å². The number of amides is 1. The Hall–Kier alpha value is -2.84. The molecule has 0 saturated heterocycles. The standard InChI is InChI=1S/C19H17ClFNO6/c1-26-14-5-3-4-9(18(14)27-2)17-10-6-11(20)12(21)7-13(10)22-19(25)15(28-17)8-16(23)24/h3-7,15,17H,8H2,1-2H3,(H,22,25)(H,23,24). The van der Waals surface area contributed by atoms with Gasteiger partial charge in [-0.3, -0.25) is 9.59 Å². The number of anilines is 1. The van der Waals surface area contributed by atoms with E-state index < -0.39 is 36.3 Å². The number of carboxylic acid groups (broad SMARTS) is 1. The van der Waals surface area contributed by atoms with Gasteiger partial charge in [-0.05, 0) is 18.2 Å². The van der Waals surface area contributed by atoms with Gasteiger partial charge in [0.2, 0.25) is 0 Å². The van der Waals surface area contributed by atoms with Crippen LogP contribution in [-0.2, 0) is 14.3 Å². The second-order valence-corrected chi connectivity index (χ2v) is 6.44. The summed E-state index contributed by atoms with van der Waals surface area (Å²) in [5.41, 5.74) is 0.964. The molecule has 1 aliphatic rings. The Morgan fingerprint density at radius 2 is 2.04 bits per heavy atom. The Balaban J connectivity index is 2.21. The van der Waals surface area contributed by atoms with E-state index in [0.717, 1.165) is 6.07 Å². The molecule has 9 heteroatoms. The van der Waals surface area contributed by atoms with Gasteiger partial charge in [0.05, 0.1) is 25.7 Å². The predicted molar refractivity (Wildman–Crippen MR) is 98.6 cm³/mol. The van der Waals surface area contributed by atoms with Crippen molar-refractivity contribution >= 4 is 29.2 Å². The molecule has 2 unspecified atom stereocenters. The van der Waals surface area contributed by atoms with Crippen molar-refractivity contribution in [1.29, 1.82) is 0 Å². The van der Waals surface area contributed by atoms with Gasteiger partial charge in [0.15, 0.2) is 11.5 Å². The number of hydrogen-bond donors (Lipinski definition) is 2. The monoisotopic (exact) mass is 409 g/mol. The summed E-state index contributed by atoms with van der Waals surface area (Å²) in [5, 5.41) is 11.5. The molecule has 0 aromatic heterocycles. The van der Waals surface area contributed by atoms with Crippen molar-refractivity contribution in [2.75, 3.05) is 19.5 Å². The molecule has 2 aromatic carbocycles. The van der Waals surface area contributed by atoms with Crippen LogP contribution in [-0.4, -0.2) is 37.3 Å². The van der Waals surface area contributed by atoms with E-state index in [-0.39, 0.29) is 10.7 Å². The van der Waals surface area contributed by atoms with Crippen LogP contribution >= 0.6 is 11.6 Å². The SMILES string of the molecule is COc1cccc(C2OC(CC(=O)O)C(=O)Nc3cc(F)c(Cl)cc32)c1OC. The highest BCUT2D eigenvalue weighted by Crippen LogP contribution is 2.44. The van der Waals surface area contributed by atoms with Crippen molar-refractivity contribution in [2.45, 2.75) is 18.6 Å². The average molecular weight is 410 g/mol. The van der Waals surface area contributed by atoms with Gasteiger partial charge in [-0.25, -0.2) is 4.39 Å². The predicted octanol–water partition coefficient (Wildman–Crippen LogP) is 3.40. The number of halogens is 2. The highest BCUT2D eigenvalue weighted by molar-refractivity contribution is 6.31. The lowest BCUT2D eigenvalue weighted by Crippen LogP contribution is -2.31. The summed E-state index contributed by atoms with van der Waals surface area (Å²) in [6, 6.07) is 7.45. The van der Waals surface area contributed by atoms with Crippen LogP contribution in [0.4, 0.5) is 10.1 Å². The number of carbonyl (C=O) groups excluding carboxylic acids is 1. The first-order chi connectivity index (χ1) is 13.3. The van der Waals surface area contributed by atoms with Crippen molar-refractivity contribution < 1.29 is 33.3 Å². The van der Waals surface area contributed by atoms with E-state index in [9.17, 15) is 14.0 Å². The zero-order valence-corrected chi connectivity index (χ0v) is 15.7. The molecular weight excluding hydrogens is 393 g/mol. The number of aliphatic carboxylic acids is 1. The molecule has 28 heavy (non-hydrogen) atoms. The maximum absolute atomic E-state index is 14.0. The van der Waals surface area contributed by atoms with Crippen LogP contribution in [0.25, 0.3) is 0 Å². The van der Waals surface area contributed by atoms with Gasteiger partial charge in [0.25, 0.3) is 5.91 Å². The van der Waals surface area contributed by atoms with Crippen LogP contribution in [0.15, 0.2) is 30.3 Å². The third-order valence-corrected chi connectivity index (χ3v) is 4.59. The normalized spacial score (nSPS) is 18.6. The lowest BCUT2D eigenvalue weighted by molar-refractivity contribution is -0.146. The van der Waals surface area contributed by atoms with E-state index in [2.05, 4.69) is 5.32 Å². The number of ether oxygens (including phenoxy) is 3. The molecule has 1 amide bonds. The fraction of sp³-hybridized carbons (Fsp3) is 0.263. The maximum Gasteiger partial charge on any atom is 0.306 e. The summed E-state index contributed by atoms with van der Waals surface area (Å²) in [6.07, 6.45) is -2.84. The Morgan fingerprint density at radius 1 is 1.29 bits per heavy atom. The maximum atomic E-state index is 14.0. The summed E-state index contributed by atoms with van der Waals surface area (Å²) >= 11 is 5.95. The Labute approximate surface area is 165 Å². The molecule has 2 N–H and O–H groups in total. The third-order valence-electron chi connectivity index (χ3n) is 4.30. The Morgan fingerprint density at radius 3 is 2.68 bits per heavy atom. The molecule has 7 nitrogen and oxygen atoms in total. The van der Waals surface area contributed by atoms with Crippen molar-refractivity contribution in [3.8, 4) is 11.5 Å². The lowest BCUT2D eigenvalue weighted by atomic mass is 9.98. The van der Waals surface area contributed by atoms with Gasteiger partial charge in [-0.2, -0.15) is 0 Å². The van der Waals surface area contributed by atoms with Crippen molar-refractivity contribution in [2.24, 2.45) is 0 Å². The smallest absolute Gasteiger partial charge is 0.306 e. The molecular formula is C19H17ClFNO6. The Bertz CT molecular complexity index is 935. The largest absolute Gasteiger partial charge is 0.493 e. The van der Waals surface area contributed by atoms with Crippen LogP contribution in [0.3, 0.4) is 0 Å². The number of carbonyl (C=O) groups is 2. The first-order valence-electron chi connectivity index (χ1n) is 8.23. The zero-order valence-electron chi connectivity index (χ0n) is 15.0. The molecule has 2 aromatic rings. The molecule has 3 rings (SSSR count). The number of benzene rings is 2. The number of hydrogen-bond acceptors (Lipinski definition) is 5. The van der Waals surface area contributed by atoms with Crippen LogP contribution < -0.4 is 14.8 Å². The summed E-state index contributed by atoms with van der Waals surface area (Å²) in [5.74, 6) is -1.89.